The van der Waals surface area contributed by atoms with Gasteiger partial charge in [0.1, 0.15) is 5.25 Å². The van der Waals surface area contributed by atoms with E-state index in [2.05, 4.69) is 30.6 Å². The van der Waals surface area contributed by atoms with Crippen molar-refractivity contribution in [3.63, 3.8) is 0 Å². The van der Waals surface area contributed by atoms with Crippen LogP contribution in [-0.2, 0) is 9.59 Å². The first-order chi connectivity index (χ1) is 7.84. The molecule has 0 heterocycles. The molecule has 5 nitrogen and oxygen atoms in total. The van der Waals surface area contributed by atoms with Crippen molar-refractivity contribution in [1.29, 1.82) is 0 Å². The molecule has 0 bridgehead atoms. The summed E-state index contributed by atoms with van der Waals surface area (Å²) >= 11 is 7.93. The maximum absolute atomic E-state index is 11.5. The summed E-state index contributed by atoms with van der Waals surface area (Å²) in [4.78, 5) is 24.1. The molecule has 0 aromatic heterocycles. The van der Waals surface area contributed by atoms with Crippen LogP contribution in [0.1, 0.15) is 12.8 Å². The zero-order valence-electron chi connectivity index (χ0n) is 10.1. The van der Waals surface area contributed by atoms with Gasteiger partial charge < -0.3 is 15.3 Å². The molecule has 2 atom stereocenters. The minimum Gasteiger partial charge on any atom is -0.480 e. The van der Waals surface area contributed by atoms with Crippen molar-refractivity contribution in [3.8, 4) is 0 Å². The van der Waals surface area contributed by atoms with Crippen LogP contribution in [-0.4, -0.2) is 59.6 Å². The fourth-order valence-corrected chi connectivity index (χ4v) is 1.82. The van der Waals surface area contributed by atoms with Crippen molar-refractivity contribution in [2.45, 2.75) is 23.3 Å². The lowest BCUT2D eigenvalue weighted by Gasteiger charge is -2.14. The van der Waals surface area contributed by atoms with Crippen molar-refractivity contribution >= 4 is 37.1 Å². The molecular formula is C10H20N2O3S2. The lowest BCUT2D eigenvalue weighted by molar-refractivity contribution is -0.136. The van der Waals surface area contributed by atoms with E-state index in [9.17, 15) is 9.59 Å². The van der Waals surface area contributed by atoms with Crippen LogP contribution in [0.4, 0.5) is 0 Å². The molecule has 2 unspecified atom stereocenters. The Hall–Kier alpha value is -0.400. The monoisotopic (exact) mass is 280 g/mol. The third-order valence-electron chi connectivity index (χ3n) is 2.12. The minimum absolute atomic E-state index is 0.112. The molecule has 0 saturated heterocycles. The van der Waals surface area contributed by atoms with E-state index in [1.165, 1.54) is 0 Å². The Bertz CT molecular complexity index is 262. The predicted molar refractivity (Wildman–Crippen MR) is 74.0 cm³/mol. The zero-order valence-corrected chi connectivity index (χ0v) is 11.9. The van der Waals surface area contributed by atoms with Crippen LogP contribution in [0.25, 0.3) is 0 Å². The Morgan fingerprint density at radius 2 is 1.88 bits per heavy atom. The molecule has 0 aliphatic carbocycles. The predicted octanol–water partition coefficient (Wildman–Crippen LogP) is 0.126. The number of carboxylic acids is 1. The first kappa shape index (κ1) is 16.6. The fourth-order valence-electron chi connectivity index (χ4n) is 1.14. The highest BCUT2D eigenvalue weighted by Crippen LogP contribution is 2.10. The molecule has 0 aliphatic rings. The molecule has 0 aliphatic heterocycles. The van der Waals surface area contributed by atoms with E-state index in [1.807, 2.05) is 19.0 Å². The molecule has 0 aromatic rings. The molecule has 2 N–H and O–H groups in total. The summed E-state index contributed by atoms with van der Waals surface area (Å²) in [6, 6.07) is 0. The number of amides is 1. The SMILES string of the molecule is CN(C)CCCNC(=O)C(S)CC(S)C(=O)O. The van der Waals surface area contributed by atoms with Crippen LogP contribution in [0, 0.1) is 0 Å². The summed E-state index contributed by atoms with van der Waals surface area (Å²) in [5.41, 5.74) is 0. The smallest absolute Gasteiger partial charge is 0.316 e. The van der Waals surface area contributed by atoms with Crippen molar-refractivity contribution in [2.24, 2.45) is 0 Å². The number of hydrogen-bond acceptors (Lipinski definition) is 5. The second-order valence-corrected chi connectivity index (χ2v) is 5.30. The zero-order chi connectivity index (χ0) is 13.4. The average molecular weight is 280 g/mol. The molecule has 0 rings (SSSR count). The largest absolute Gasteiger partial charge is 0.480 e. The van der Waals surface area contributed by atoms with Crippen LogP contribution in [0.15, 0.2) is 0 Å². The molecule has 7 heteroatoms. The number of nitrogens with one attached hydrogen (secondary N) is 1. The van der Waals surface area contributed by atoms with Gasteiger partial charge in [-0.1, -0.05) is 0 Å². The number of aliphatic carboxylic acids is 1. The number of carbonyl (C=O) groups excluding carboxylic acids is 1. The highest BCUT2D eigenvalue weighted by Gasteiger charge is 2.21. The number of thiol groups is 2. The van der Waals surface area contributed by atoms with Gasteiger partial charge >= 0.3 is 5.97 Å². The van der Waals surface area contributed by atoms with E-state index in [-0.39, 0.29) is 12.3 Å². The number of hydrogen-bond donors (Lipinski definition) is 4. The van der Waals surface area contributed by atoms with Crippen LogP contribution in [0.2, 0.25) is 0 Å². The molecule has 17 heavy (non-hydrogen) atoms. The van der Waals surface area contributed by atoms with E-state index < -0.39 is 16.5 Å². The van der Waals surface area contributed by atoms with Crippen molar-refractivity contribution in [1.82, 2.24) is 10.2 Å². The Balaban J connectivity index is 3.78. The van der Waals surface area contributed by atoms with Gasteiger partial charge in [-0.3, -0.25) is 9.59 Å². The van der Waals surface area contributed by atoms with Gasteiger partial charge in [-0.25, -0.2) is 0 Å². The number of carboxylic acid groups (broad SMARTS) is 1. The topological polar surface area (TPSA) is 69.6 Å². The Morgan fingerprint density at radius 3 is 2.35 bits per heavy atom. The summed E-state index contributed by atoms with van der Waals surface area (Å²) < 4.78 is 0. The van der Waals surface area contributed by atoms with Gasteiger partial charge in [-0.2, -0.15) is 25.3 Å². The number of nitrogens with zero attached hydrogens (tertiary/aromatic N) is 1. The van der Waals surface area contributed by atoms with Gasteiger partial charge in [-0.15, -0.1) is 0 Å². The molecule has 0 fully saturated rings. The van der Waals surface area contributed by atoms with E-state index in [0.717, 1.165) is 13.0 Å². The summed E-state index contributed by atoms with van der Waals surface area (Å²) in [7, 11) is 3.92. The van der Waals surface area contributed by atoms with Crippen molar-refractivity contribution in [3.05, 3.63) is 0 Å². The molecular weight excluding hydrogens is 260 g/mol. The van der Waals surface area contributed by atoms with Crippen LogP contribution in [0.5, 0.6) is 0 Å². The van der Waals surface area contributed by atoms with Gasteiger partial charge in [0, 0.05) is 6.54 Å². The van der Waals surface area contributed by atoms with Gasteiger partial charge in [0.05, 0.1) is 5.25 Å². The molecule has 0 spiro atoms. The third-order valence-corrected chi connectivity index (χ3v) is 2.99. The van der Waals surface area contributed by atoms with E-state index in [0.29, 0.717) is 6.54 Å². The summed E-state index contributed by atoms with van der Waals surface area (Å²) in [5.74, 6) is -1.28. The molecule has 0 aromatic carbocycles. The maximum Gasteiger partial charge on any atom is 0.316 e. The molecule has 0 radical (unpaired) electrons. The maximum atomic E-state index is 11.5. The second-order valence-electron chi connectivity index (χ2n) is 4.05. The summed E-state index contributed by atoms with van der Waals surface area (Å²) in [5, 5.41) is 9.87. The first-order valence-electron chi connectivity index (χ1n) is 5.36. The van der Waals surface area contributed by atoms with Gasteiger partial charge in [0.15, 0.2) is 0 Å². The van der Waals surface area contributed by atoms with E-state index in [4.69, 9.17) is 5.11 Å². The molecule has 1 amide bonds. The van der Waals surface area contributed by atoms with E-state index in [1.54, 1.807) is 0 Å². The second kappa shape index (κ2) is 8.66. The highest BCUT2D eigenvalue weighted by molar-refractivity contribution is 7.82. The van der Waals surface area contributed by atoms with Gasteiger partial charge in [0.25, 0.3) is 0 Å². The normalized spacial score (nSPS) is 14.4. The fraction of sp³-hybridized carbons (Fsp3) is 0.800. The Labute approximate surface area is 113 Å². The third kappa shape index (κ3) is 8.34. The van der Waals surface area contributed by atoms with Crippen LogP contribution in [0.3, 0.4) is 0 Å². The summed E-state index contributed by atoms with van der Waals surface area (Å²) in [6.07, 6.45) is 0.962. The van der Waals surface area contributed by atoms with Gasteiger partial charge in [0.2, 0.25) is 5.91 Å². The standard InChI is InChI=1S/C10H20N2O3S2/c1-12(2)5-3-4-11-9(13)7(16)6-8(17)10(14)15/h7-8,16-17H,3-6H2,1-2H3,(H,11,13)(H,14,15). The minimum atomic E-state index is -1.03. The molecule has 0 saturated carbocycles. The Kier molecular flexibility index (Phi) is 8.45. The van der Waals surface area contributed by atoms with Gasteiger partial charge in [-0.05, 0) is 33.5 Å². The Morgan fingerprint density at radius 1 is 1.29 bits per heavy atom. The number of rotatable bonds is 8. The first-order valence-corrected chi connectivity index (χ1v) is 6.39. The van der Waals surface area contributed by atoms with Crippen LogP contribution < -0.4 is 5.32 Å². The number of carbonyl (C=O) groups is 2. The van der Waals surface area contributed by atoms with Crippen LogP contribution >= 0.6 is 25.3 Å². The van der Waals surface area contributed by atoms with Crippen molar-refractivity contribution in [2.75, 3.05) is 27.2 Å². The molecule has 100 valence electrons. The van der Waals surface area contributed by atoms with Crippen molar-refractivity contribution < 1.29 is 14.7 Å². The highest BCUT2D eigenvalue weighted by atomic mass is 32.1. The summed E-state index contributed by atoms with van der Waals surface area (Å²) in [6.45, 7) is 1.46. The lowest BCUT2D eigenvalue weighted by Crippen LogP contribution is -2.35. The lowest BCUT2D eigenvalue weighted by atomic mass is 10.2. The average Bonchev–Trinajstić information content (AvgIpc) is 2.23. The van der Waals surface area contributed by atoms with E-state index >= 15 is 0 Å². The quantitative estimate of drug-likeness (QED) is 0.377.